The molecule has 0 saturated heterocycles. The van der Waals surface area contributed by atoms with Crippen molar-refractivity contribution >= 4 is 28.7 Å². The van der Waals surface area contributed by atoms with Crippen molar-refractivity contribution in [3.05, 3.63) is 31.0 Å². The molecule has 0 amide bonds. The Hall–Kier alpha value is -2.16. The van der Waals surface area contributed by atoms with Gasteiger partial charge in [0.1, 0.15) is 0 Å². The SMILES string of the molecule is Cn1c(=O)c2c(nc([N+](=O)[O-])n2C)n(CCCl)c1=O. The van der Waals surface area contributed by atoms with Crippen molar-refractivity contribution in [2.75, 3.05) is 5.88 Å². The molecule has 2 heterocycles. The van der Waals surface area contributed by atoms with Gasteiger partial charge in [-0.15, -0.1) is 11.6 Å². The van der Waals surface area contributed by atoms with E-state index in [2.05, 4.69) is 4.98 Å². The monoisotopic (exact) mass is 287 g/mol. The van der Waals surface area contributed by atoms with Crippen LogP contribution in [-0.2, 0) is 20.6 Å². The Balaban J connectivity index is 3.04. The predicted molar refractivity (Wildman–Crippen MR) is 67.6 cm³/mol. The zero-order chi connectivity index (χ0) is 14.3. The molecular formula is C9H10ClN5O4. The minimum Gasteiger partial charge on any atom is -0.390 e. The molecule has 0 atom stereocenters. The maximum atomic E-state index is 12.0. The average Bonchev–Trinajstić information content (AvgIpc) is 2.70. The Morgan fingerprint density at radius 2 is 1.95 bits per heavy atom. The van der Waals surface area contributed by atoms with Crippen LogP contribution in [0.15, 0.2) is 9.59 Å². The third-order valence-electron chi connectivity index (χ3n) is 2.81. The highest BCUT2D eigenvalue weighted by Crippen LogP contribution is 2.15. The van der Waals surface area contributed by atoms with Crippen LogP contribution in [0.25, 0.3) is 11.2 Å². The number of aryl methyl sites for hydroxylation is 2. The van der Waals surface area contributed by atoms with Gasteiger partial charge in [-0.2, -0.15) is 0 Å². The first-order valence-electron chi connectivity index (χ1n) is 5.26. The van der Waals surface area contributed by atoms with Gasteiger partial charge in [-0.05, 0) is 9.91 Å². The van der Waals surface area contributed by atoms with Gasteiger partial charge in [0.25, 0.3) is 11.2 Å². The van der Waals surface area contributed by atoms with E-state index >= 15 is 0 Å². The molecule has 2 aromatic rings. The lowest BCUT2D eigenvalue weighted by molar-refractivity contribution is -0.396. The van der Waals surface area contributed by atoms with Crippen LogP contribution in [0.4, 0.5) is 5.95 Å². The first kappa shape index (κ1) is 13.3. The van der Waals surface area contributed by atoms with E-state index in [-0.39, 0.29) is 23.6 Å². The summed E-state index contributed by atoms with van der Waals surface area (Å²) in [7, 11) is 2.65. The summed E-state index contributed by atoms with van der Waals surface area (Å²) in [6.07, 6.45) is 0. The average molecular weight is 288 g/mol. The van der Waals surface area contributed by atoms with E-state index in [1.807, 2.05) is 0 Å². The number of rotatable bonds is 3. The third kappa shape index (κ3) is 1.82. The lowest BCUT2D eigenvalue weighted by Crippen LogP contribution is -2.39. The summed E-state index contributed by atoms with van der Waals surface area (Å²) in [6, 6.07) is 0. The van der Waals surface area contributed by atoms with Gasteiger partial charge in [0.2, 0.25) is 5.52 Å². The third-order valence-corrected chi connectivity index (χ3v) is 2.97. The molecule has 0 spiro atoms. The molecule has 0 N–H and O–H groups in total. The maximum Gasteiger partial charge on any atom is 0.437 e. The highest BCUT2D eigenvalue weighted by Gasteiger charge is 2.26. The quantitative estimate of drug-likeness (QED) is 0.433. The van der Waals surface area contributed by atoms with Crippen molar-refractivity contribution in [1.82, 2.24) is 18.7 Å². The van der Waals surface area contributed by atoms with Gasteiger partial charge in [0.15, 0.2) is 0 Å². The summed E-state index contributed by atoms with van der Waals surface area (Å²) in [5.74, 6) is -0.376. The van der Waals surface area contributed by atoms with E-state index < -0.39 is 22.1 Å². The van der Waals surface area contributed by atoms with Crippen molar-refractivity contribution in [2.45, 2.75) is 6.54 Å². The van der Waals surface area contributed by atoms with Gasteiger partial charge < -0.3 is 10.1 Å². The summed E-state index contributed by atoms with van der Waals surface area (Å²) in [4.78, 5) is 37.8. The molecule has 2 rings (SSSR count). The fourth-order valence-corrected chi connectivity index (χ4v) is 2.04. The first-order chi connectivity index (χ1) is 8.90. The second-order valence-electron chi connectivity index (χ2n) is 3.89. The number of aromatic nitrogens is 4. The minimum atomic E-state index is -0.713. The van der Waals surface area contributed by atoms with E-state index in [1.54, 1.807) is 0 Å². The van der Waals surface area contributed by atoms with Crippen LogP contribution in [0, 0.1) is 10.1 Å². The zero-order valence-electron chi connectivity index (χ0n) is 10.2. The van der Waals surface area contributed by atoms with Crippen molar-refractivity contribution in [3.63, 3.8) is 0 Å². The maximum absolute atomic E-state index is 12.0. The summed E-state index contributed by atoms with van der Waals surface area (Å²) in [6.45, 7) is 0.110. The number of alkyl halides is 1. The topological polar surface area (TPSA) is 105 Å². The van der Waals surface area contributed by atoms with Gasteiger partial charge in [-0.3, -0.25) is 13.9 Å². The lowest BCUT2D eigenvalue weighted by atomic mass is 10.5. The molecule has 0 unspecified atom stereocenters. The Bertz CT molecular complexity index is 786. The smallest absolute Gasteiger partial charge is 0.390 e. The van der Waals surface area contributed by atoms with Crippen molar-refractivity contribution in [2.24, 2.45) is 14.1 Å². The molecule has 10 heteroatoms. The van der Waals surface area contributed by atoms with Gasteiger partial charge in [0, 0.05) is 19.5 Å². The summed E-state index contributed by atoms with van der Waals surface area (Å²) in [5.41, 5.74) is -1.26. The molecule has 0 aliphatic rings. The number of nitro groups is 1. The Labute approximate surface area is 110 Å². The molecule has 102 valence electrons. The highest BCUT2D eigenvalue weighted by molar-refractivity contribution is 6.17. The molecule has 0 aliphatic carbocycles. The van der Waals surface area contributed by atoms with E-state index in [4.69, 9.17) is 11.6 Å². The fraction of sp³-hybridized carbons (Fsp3) is 0.444. The van der Waals surface area contributed by atoms with Gasteiger partial charge >= 0.3 is 11.6 Å². The predicted octanol–water partition coefficient (Wildman–Crippen LogP) is -0.419. The van der Waals surface area contributed by atoms with E-state index in [1.165, 1.54) is 14.1 Å². The van der Waals surface area contributed by atoms with Gasteiger partial charge in [0.05, 0.1) is 7.05 Å². The standard InChI is InChI=1S/C9H10ClN5O4/c1-12-5-6(11-8(12)15(18)19)14(4-3-10)9(17)13(2)7(5)16/h3-4H2,1-2H3. The Morgan fingerprint density at radius 1 is 1.32 bits per heavy atom. The zero-order valence-corrected chi connectivity index (χ0v) is 10.9. The van der Waals surface area contributed by atoms with Crippen LogP contribution in [0.1, 0.15) is 0 Å². The second kappa shape index (κ2) is 4.50. The van der Waals surface area contributed by atoms with Crippen molar-refractivity contribution in [1.29, 1.82) is 0 Å². The van der Waals surface area contributed by atoms with Crippen LogP contribution in [0.2, 0.25) is 0 Å². The van der Waals surface area contributed by atoms with E-state index in [0.717, 1.165) is 13.7 Å². The van der Waals surface area contributed by atoms with Crippen LogP contribution in [0.5, 0.6) is 0 Å². The largest absolute Gasteiger partial charge is 0.437 e. The molecular weight excluding hydrogens is 278 g/mol. The van der Waals surface area contributed by atoms with Crippen molar-refractivity contribution < 1.29 is 4.92 Å². The van der Waals surface area contributed by atoms with Crippen LogP contribution in [-0.4, -0.2) is 29.5 Å². The molecule has 0 radical (unpaired) electrons. The van der Waals surface area contributed by atoms with E-state index in [0.29, 0.717) is 0 Å². The molecule has 0 aliphatic heterocycles. The molecule has 0 aromatic carbocycles. The summed E-state index contributed by atoms with van der Waals surface area (Å²) >= 11 is 5.59. The number of imidazole rings is 1. The molecule has 19 heavy (non-hydrogen) atoms. The van der Waals surface area contributed by atoms with E-state index in [9.17, 15) is 19.7 Å². The number of hydrogen-bond donors (Lipinski definition) is 0. The first-order valence-corrected chi connectivity index (χ1v) is 5.80. The number of hydrogen-bond acceptors (Lipinski definition) is 5. The molecule has 2 aromatic heterocycles. The van der Waals surface area contributed by atoms with Crippen LogP contribution in [0.3, 0.4) is 0 Å². The number of halogens is 1. The minimum absolute atomic E-state index is 0.00100. The normalized spacial score (nSPS) is 11.1. The number of nitrogens with zero attached hydrogens (tertiary/aromatic N) is 5. The van der Waals surface area contributed by atoms with Gasteiger partial charge in [-0.1, -0.05) is 0 Å². The second-order valence-corrected chi connectivity index (χ2v) is 4.27. The lowest BCUT2D eigenvalue weighted by Gasteiger charge is -2.04. The van der Waals surface area contributed by atoms with Crippen molar-refractivity contribution in [3.8, 4) is 0 Å². The van der Waals surface area contributed by atoms with Crippen LogP contribution < -0.4 is 11.2 Å². The Kier molecular flexibility index (Phi) is 3.14. The summed E-state index contributed by atoms with van der Waals surface area (Å²) in [5, 5.41) is 10.8. The molecule has 0 bridgehead atoms. The highest BCUT2D eigenvalue weighted by atomic mass is 35.5. The summed E-state index contributed by atoms with van der Waals surface area (Å²) < 4.78 is 3.08. The molecule has 0 fully saturated rings. The fourth-order valence-electron chi connectivity index (χ4n) is 1.87. The molecule has 9 nitrogen and oxygen atoms in total. The molecule has 0 saturated carbocycles. The Morgan fingerprint density at radius 3 is 2.47 bits per heavy atom. The van der Waals surface area contributed by atoms with Crippen LogP contribution >= 0.6 is 11.6 Å². The number of fused-ring (bicyclic) bond motifs is 1. The van der Waals surface area contributed by atoms with Gasteiger partial charge in [-0.25, -0.2) is 9.36 Å².